The van der Waals surface area contributed by atoms with E-state index in [1.807, 2.05) is 0 Å². The molecule has 4 rings (SSSR count). The lowest BCUT2D eigenvalue weighted by Gasteiger charge is -2.39. The number of aromatic hydroxyl groups is 1. The Morgan fingerprint density at radius 1 is 0.959 bits per heavy atom. The molecule has 1 amide bonds. The Morgan fingerprint density at radius 3 is 2.29 bits per heavy atom. The predicted octanol–water partition coefficient (Wildman–Crippen LogP) is 2.83. The number of carbonyl (C=O) groups is 1. The molecule has 0 spiro atoms. The highest BCUT2D eigenvalue weighted by Crippen LogP contribution is 2.41. The molecule has 2 heterocycles. The molecule has 1 aromatic heterocycles. The molecule has 1 saturated heterocycles. The van der Waals surface area contributed by atoms with E-state index in [9.17, 15) is 35.1 Å². The number of anilines is 1. The second kappa shape index (κ2) is 17.4. The summed E-state index contributed by atoms with van der Waals surface area (Å²) < 4.78 is 29.2. The molecule has 0 unspecified atom stereocenters. The third kappa shape index (κ3) is 8.83. The van der Waals surface area contributed by atoms with Gasteiger partial charge in [0.2, 0.25) is 23.7 Å². The Labute approximate surface area is 284 Å². The van der Waals surface area contributed by atoms with E-state index in [0.29, 0.717) is 28.8 Å². The fourth-order valence-corrected chi connectivity index (χ4v) is 5.51. The number of carbonyl (C=O) groups excluding carboxylic acids is 1. The minimum atomic E-state index is -1.65. The lowest BCUT2D eigenvalue weighted by Crippen LogP contribution is -2.60. The predicted molar refractivity (Wildman–Crippen MR) is 181 cm³/mol. The Morgan fingerprint density at radius 2 is 1.63 bits per heavy atom. The van der Waals surface area contributed by atoms with Crippen LogP contribution in [0.1, 0.15) is 51.0 Å². The summed E-state index contributed by atoms with van der Waals surface area (Å²) in [6, 6.07) is 7.85. The van der Waals surface area contributed by atoms with E-state index < -0.39 is 48.8 Å². The van der Waals surface area contributed by atoms with Gasteiger partial charge in [-0.2, -0.15) is 0 Å². The number of hydrogen-bond acceptors (Lipinski definition) is 12. The summed E-state index contributed by atoms with van der Waals surface area (Å²) in [5.41, 5.74) is 0.780. The van der Waals surface area contributed by atoms with Gasteiger partial charge in [0, 0.05) is 24.2 Å². The number of ether oxygens (including phenoxy) is 5. The Hall–Kier alpha value is -4.34. The molecule has 1 aliphatic heterocycles. The van der Waals surface area contributed by atoms with Crippen molar-refractivity contribution in [2.24, 2.45) is 7.05 Å². The van der Waals surface area contributed by atoms with Crippen LogP contribution in [0.15, 0.2) is 41.2 Å². The minimum Gasteiger partial charge on any atom is -0.504 e. The van der Waals surface area contributed by atoms with E-state index in [1.54, 1.807) is 25.2 Å². The first-order chi connectivity index (χ1) is 23.5. The normalized spacial score (nSPS) is 20.8. The number of nitrogens with one attached hydrogen (secondary N) is 1. The van der Waals surface area contributed by atoms with Gasteiger partial charge in [-0.05, 0) is 48.4 Å². The van der Waals surface area contributed by atoms with Gasteiger partial charge in [-0.15, -0.1) is 0 Å². The van der Waals surface area contributed by atoms with Crippen molar-refractivity contribution in [1.29, 1.82) is 0 Å². The monoisotopic (exact) mass is 686 g/mol. The molecule has 2 aromatic carbocycles. The molecular weight excluding hydrogens is 640 g/mol. The van der Waals surface area contributed by atoms with Gasteiger partial charge in [-0.1, -0.05) is 39.0 Å². The maximum atomic E-state index is 13.0. The van der Waals surface area contributed by atoms with E-state index >= 15 is 0 Å². The number of pyridine rings is 1. The number of methoxy groups -OCH3 is 2. The van der Waals surface area contributed by atoms with Gasteiger partial charge in [0.25, 0.3) is 5.56 Å². The van der Waals surface area contributed by atoms with Crippen LogP contribution in [-0.4, -0.2) is 94.1 Å². The number of amides is 1. The molecule has 14 nitrogen and oxygen atoms in total. The summed E-state index contributed by atoms with van der Waals surface area (Å²) in [6.45, 7) is 1.86. The van der Waals surface area contributed by atoms with Crippen LogP contribution in [0.2, 0.25) is 0 Å². The molecule has 1 aliphatic rings. The van der Waals surface area contributed by atoms with Crippen molar-refractivity contribution in [1.82, 2.24) is 4.57 Å². The van der Waals surface area contributed by atoms with Crippen LogP contribution in [0.3, 0.4) is 0 Å². The largest absolute Gasteiger partial charge is 0.504 e. The van der Waals surface area contributed by atoms with Gasteiger partial charge in [0.15, 0.2) is 17.2 Å². The quantitative estimate of drug-likeness (QED) is 0.0953. The molecule has 1 fully saturated rings. The summed E-state index contributed by atoms with van der Waals surface area (Å²) in [5, 5.41) is 54.1. The fraction of sp³-hybridized carbons (Fsp3) is 0.486. The number of aromatic nitrogens is 1. The molecule has 0 aliphatic carbocycles. The number of unbranched alkanes of at least 4 members (excludes halogenated alkanes) is 5. The molecule has 49 heavy (non-hydrogen) atoms. The number of benzene rings is 2. The SMILES string of the molecule is CCCCCCCCOc1c(O)c2ccc(NC(=O)/C=C/c3cc(OC)c(O[C@@H]4O[C@H](CO)[C@H](O)[C@H](O)[C@H]4O)c(OC)c3)cc2n(C)c1=O. The first-order valence-corrected chi connectivity index (χ1v) is 16.2. The lowest BCUT2D eigenvalue weighted by atomic mass is 9.99. The highest BCUT2D eigenvalue weighted by Gasteiger charge is 2.45. The van der Waals surface area contributed by atoms with Gasteiger partial charge < -0.3 is 59.1 Å². The van der Waals surface area contributed by atoms with Crippen molar-refractivity contribution in [2.45, 2.75) is 76.2 Å². The number of fused-ring (bicyclic) bond motifs is 1. The van der Waals surface area contributed by atoms with Crippen LogP contribution in [0.4, 0.5) is 5.69 Å². The second-order valence-electron chi connectivity index (χ2n) is 11.8. The zero-order valence-corrected chi connectivity index (χ0v) is 28.1. The molecule has 5 atom stereocenters. The molecule has 0 radical (unpaired) electrons. The number of aliphatic hydroxyl groups is 4. The van der Waals surface area contributed by atoms with Gasteiger partial charge in [0.1, 0.15) is 24.4 Å². The summed E-state index contributed by atoms with van der Waals surface area (Å²) in [5.74, 6) is -0.546. The van der Waals surface area contributed by atoms with Crippen LogP contribution in [-0.2, 0) is 16.6 Å². The first-order valence-electron chi connectivity index (χ1n) is 16.2. The second-order valence-corrected chi connectivity index (χ2v) is 11.8. The molecule has 0 bridgehead atoms. The summed E-state index contributed by atoms with van der Waals surface area (Å²) in [7, 11) is 4.30. The molecule has 6 N–H and O–H groups in total. The molecule has 268 valence electrons. The number of aliphatic hydroxyl groups excluding tert-OH is 4. The molecule has 0 saturated carbocycles. The van der Waals surface area contributed by atoms with Crippen molar-refractivity contribution >= 4 is 28.6 Å². The molecule has 3 aromatic rings. The van der Waals surface area contributed by atoms with Crippen molar-refractivity contribution in [3.63, 3.8) is 0 Å². The number of rotatable bonds is 16. The topological polar surface area (TPSA) is 198 Å². The Kier molecular flexibility index (Phi) is 13.3. The van der Waals surface area contributed by atoms with Crippen molar-refractivity contribution in [3.05, 3.63) is 52.3 Å². The zero-order valence-electron chi connectivity index (χ0n) is 28.1. The standard InChI is InChI=1S/C35H46N2O12/c1-5-6-7-8-9-10-15-47-33-28(40)22-13-12-21(18-23(22)37(2)34(33)44)36-27(39)14-11-20-16-24(45-3)32(25(17-20)46-4)49-35-31(43)30(42)29(41)26(19-38)48-35/h11-14,16-18,26,29-31,35,38,40-43H,5-10,15,19H2,1-4H3,(H,36,39)/b14-11+/t26-,29+,30+,31-,35+/m1/s1. The van der Waals surface area contributed by atoms with Crippen molar-refractivity contribution in [2.75, 3.05) is 32.8 Å². The van der Waals surface area contributed by atoms with Gasteiger partial charge in [-0.25, -0.2) is 0 Å². The average molecular weight is 687 g/mol. The fourth-order valence-electron chi connectivity index (χ4n) is 5.51. The Bertz CT molecular complexity index is 1650. The summed E-state index contributed by atoms with van der Waals surface area (Å²) in [4.78, 5) is 25.9. The maximum absolute atomic E-state index is 13.0. The highest BCUT2D eigenvalue weighted by atomic mass is 16.7. The smallest absolute Gasteiger partial charge is 0.297 e. The summed E-state index contributed by atoms with van der Waals surface area (Å²) >= 11 is 0. The van der Waals surface area contributed by atoms with Crippen LogP contribution < -0.4 is 29.8 Å². The van der Waals surface area contributed by atoms with E-state index in [4.69, 9.17) is 23.7 Å². The third-order valence-corrected chi connectivity index (χ3v) is 8.33. The van der Waals surface area contributed by atoms with Gasteiger partial charge in [0.05, 0.1) is 33.0 Å². The van der Waals surface area contributed by atoms with E-state index in [1.165, 1.54) is 49.5 Å². The molecular formula is C35H46N2O12. The van der Waals surface area contributed by atoms with E-state index in [2.05, 4.69) is 12.2 Å². The zero-order chi connectivity index (χ0) is 35.7. The van der Waals surface area contributed by atoms with Gasteiger partial charge in [-0.3, -0.25) is 9.59 Å². The minimum absolute atomic E-state index is 0.0110. The number of aryl methyl sites for hydroxylation is 1. The highest BCUT2D eigenvalue weighted by molar-refractivity contribution is 6.03. The number of nitrogens with zero attached hydrogens (tertiary/aromatic N) is 1. The maximum Gasteiger partial charge on any atom is 0.297 e. The average Bonchev–Trinajstić information content (AvgIpc) is 3.10. The van der Waals surface area contributed by atoms with Crippen LogP contribution in [0.25, 0.3) is 17.0 Å². The van der Waals surface area contributed by atoms with Crippen LogP contribution in [0.5, 0.6) is 28.7 Å². The van der Waals surface area contributed by atoms with Crippen molar-refractivity contribution in [3.8, 4) is 28.7 Å². The van der Waals surface area contributed by atoms with Crippen molar-refractivity contribution < 1.29 is 54.0 Å². The van der Waals surface area contributed by atoms with Crippen LogP contribution in [0, 0.1) is 0 Å². The molecule has 14 heteroatoms. The third-order valence-electron chi connectivity index (χ3n) is 8.33. The van der Waals surface area contributed by atoms with Crippen LogP contribution >= 0.6 is 0 Å². The van der Waals surface area contributed by atoms with E-state index in [-0.39, 0.29) is 28.7 Å². The lowest BCUT2D eigenvalue weighted by molar-refractivity contribution is -0.277. The van der Waals surface area contributed by atoms with Gasteiger partial charge >= 0.3 is 0 Å². The first kappa shape index (κ1) is 37.5. The Balaban J connectivity index is 1.46. The van der Waals surface area contributed by atoms with E-state index in [0.717, 1.165) is 32.1 Å². The summed E-state index contributed by atoms with van der Waals surface area (Å²) in [6.07, 6.45) is 1.65. The number of hydrogen-bond donors (Lipinski definition) is 6.